The Morgan fingerprint density at radius 2 is 1.91 bits per heavy atom. The fourth-order valence-corrected chi connectivity index (χ4v) is 4.39. The Kier molecular flexibility index (Phi) is 6.04. The molecule has 5 rings (SSSR count). The number of hydrogen-bond donors (Lipinski definition) is 3. The van der Waals surface area contributed by atoms with Gasteiger partial charge in [0.05, 0.1) is 12.1 Å². The van der Waals surface area contributed by atoms with Crippen LogP contribution in [0.15, 0.2) is 77.8 Å². The van der Waals surface area contributed by atoms with Crippen LogP contribution >= 0.6 is 0 Å². The zero-order chi connectivity index (χ0) is 23.7. The molecule has 3 heterocycles. The lowest BCUT2D eigenvalue weighted by molar-refractivity contribution is -0.133. The largest absolute Gasteiger partial charge is 0.488 e. The van der Waals surface area contributed by atoms with Gasteiger partial charge in [0.2, 0.25) is 0 Å². The fourth-order valence-electron chi connectivity index (χ4n) is 4.39. The van der Waals surface area contributed by atoms with Crippen molar-refractivity contribution >= 4 is 11.8 Å². The molecule has 176 valence electrons. The summed E-state index contributed by atoms with van der Waals surface area (Å²) in [6.45, 7) is 1.98. The lowest BCUT2D eigenvalue weighted by atomic mass is 9.99. The van der Waals surface area contributed by atoms with Crippen LogP contribution in [0.4, 0.5) is 4.39 Å². The van der Waals surface area contributed by atoms with E-state index < -0.39 is 12.0 Å². The van der Waals surface area contributed by atoms with E-state index in [-0.39, 0.29) is 48.1 Å². The minimum atomic E-state index is -1.40. The van der Waals surface area contributed by atoms with E-state index in [1.165, 1.54) is 18.3 Å². The van der Waals surface area contributed by atoms with Crippen molar-refractivity contribution in [1.29, 1.82) is 0 Å². The molecule has 0 aliphatic carbocycles. The maximum Gasteiger partial charge on any atom is 0.275 e. The van der Waals surface area contributed by atoms with E-state index in [1.54, 1.807) is 21.9 Å². The molecule has 2 unspecified atom stereocenters. The lowest BCUT2D eigenvalue weighted by Crippen LogP contribution is -2.56. The molecule has 0 spiro atoms. The van der Waals surface area contributed by atoms with E-state index in [0.29, 0.717) is 19.6 Å². The van der Waals surface area contributed by atoms with E-state index >= 15 is 0 Å². The highest BCUT2D eigenvalue weighted by Gasteiger charge is 2.45. The summed E-state index contributed by atoms with van der Waals surface area (Å²) < 4.78 is 19.1. The number of aliphatic hydroxyl groups excluding tert-OH is 1. The van der Waals surface area contributed by atoms with Crippen LogP contribution in [0.1, 0.15) is 11.1 Å². The first-order chi connectivity index (χ1) is 16.5. The van der Waals surface area contributed by atoms with Gasteiger partial charge in [0, 0.05) is 25.8 Å². The number of piperazine rings is 1. The van der Waals surface area contributed by atoms with E-state index in [1.807, 2.05) is 30.3 Å². The molecule has 3 aliphatic rings. The molecule has 0 saturated carbocycles. The van der Waals surface area contributed by atoms with Crippen molar-refractivity contribution in [2.75, 3.05) is 19.6 Å². The number of rotatable bonds is 6. The van der Waals surface area contributed by atoms with Gasteiger partial charge in [-0.05, 0) is 23.3 Å². The zero-order valence-electron chi connectivity index (χ0n) is 18.4. The summed E-state index contributed by atoms with van der Waals surface area (Å²) in [6, 6.07) is 15.2. The highest BCUT2D eigenvalue weighted by Crippen LogP contribution is 2.33. The van der Waals surface area contributed by atoms with Crippen molar-refractivity contribution in [3.05, 3.63) is 94.8 Å². The van der Waals surface area contributed by atoms with E-state index in [4.69, 9.17) is 4.74 Å². The van der Waals surface area contributed by atoms with Gasteiger partial charge in [-0.2, -0.15) is 0 Å². The van der Waals surface area contributed by atoms with Crippen molar-refractivity contribution in [2.45, 2.75) is 25.4 Å². The Bertz CT molecular complexity index is 1150. The van der Waals surface area contributed by atoms with Crippen LogP contribution in [0.25, 0.3) is 0 Å². The summed E-state index contributed by atoms with van der Waals surface area (Å²) in [6.07, 6.45) is -0.0640. The zero-order valence-corrected chi connectivity index (χ0v) is 18.4. The molecule has 0 bridgehead atoms. The molecule has 34 heavy (non-hydrogen) atoms. The highest BCUT2D eigenvalue weighted by molar-refractivity contribution is 5.99. The summed E-state index contributed by atoms with van der Waals surface area (Å²) in [7, 11) is 0. The Hall–Kier alpha value is -3.69. The normalized spacial score (nSPS) is 21.7. The number of carbonyl (C=O) groups is 2. The molecular formula is C25H25FN4O4. The van der Waals surface area contributed by atoms with Crippen molar-refractivity contribution in [2.24, 2.45) is 0 Å². The van der Waals surface area contributed by atoms with E-state index in [9.17, 15) is 19.1 Å². The van der Waals surface area contributed by atoms with Crippen molar-refractivity contribution in [3.8, 4) is 0 Å². The molecule has 9 heteroatoms. The van der Waals surface area contributed by atoms with Gasteiger partial charge in [-0.15, -0.1) is 0 Å². The Morgan fingerprint density at radius 3 is 2.68 bits per heavy atom. The van der Waals surface area contributed by atoms with Gasteiger partial charge < -0.3 is 25.0 Å². The molecule has 3 N–H and O–H groups in total. The third-order valence-corrected chi connectivity index (χ3v) is 6.17. The number of benzene rings is 2. The molecule has 2 amide bonds. The Labute approximate surface area is 196 Å². The maximum absolute atomic E-state index is 13.3. The Balaban J connectivity index is 1.40. The van der Waals surface area contributed by atoms with E-state index in [0.717, 1.165) is 11.1 Å². The van der Waals surface area contributed by atoms with Crippen LogP contribution in [-0.2, 0) is 27.5 Å². The molecule has 2 aromatic carbocycles. The molecule has 2 aromatic rings. The number of fused-ring (bicyclic) bond motifs is 2. The molecule has 0 aromatic heterocycles. The first kappa shape index (κ1) is 22.1. The summed E-state index contributed by atoms with van der Waals surface area (Å²) in [4.78, 5) is 29.7. The minimum Gasteiger partial charge on any atom is -0.488 e. The van der Waals surface area contributed by atoms with E-state index in [2.05, 4.69) is 10.6 Å². The standard InChI is InChI=1S/C25H25FN4O4/c26-18-8-6-16(7-9-18)12-28-24(32)19-13-29-14-20-27-10-11-30(20)25(33)21(29)23(22(19)31)34-15-17-4-2-1-3-5-17/h1-9,13,20,22,27,31H,10-12,14-15H2,(H,28,32). The van der Waals surface area contributed by atoms with Crippen LogP contribution in [0.2, 0.25) is 0 Å². The van der Waals surface area contributed by atoms with Gasteiger partial charge in [0.1, 0.15) is 30.4 Å². The van der Waals surface area contributed by atoms with Gasteiger partial charge in [-0.1, -0.05) is 42.5 Å². The number of halogens is 1. The van der Waals surface area contributed by atoms with Gasteiger partial charge in [-0.3, -0.25) is 14.9 Å². The third kappa shape index (κ3) is 4.27. The molecule has 3 aliphatic heterocycles. The van der Waals surface area contributed by atoms with Gasteiger partial charge in [0.25, 0.3) is 11.8 Å². The molecule has 2 fully saturated rings. The molecular weight excluding hydrogens is 439 g/mol. The van der Waals surface area contributed by atoms with Gasteiger partial charge in [0.15, 0.2) is 5.76 Å². The summed E-state index contributed by atoms with van der Waals surface area (Å²) in [5.74, 6) is -1.03. The topological polar surface area (TPSA) is 94.1 Å². The maximum atomic E-state index is 13.3. The van der Waals surface area contributed by atoms with Crippen LogP contribution < -0.4 is 10.6 Å². The summed E-state index contributed by atoms with van der Waals surface area (Å²) in [5.41, 5.74) is 1.92. The van der Waals surface area contributed by atoms with Gasteiger partial charge >= 0.3 is 0 Å². The second-order valence-electron chi connectivity index (χ2n) is 8.40. The average Bonchev–Trinajstić information content (AvgIpc) is 3.32. The molecule has 8 nitrogen and oxygen atoms in total. The number of nitrogens with one attached hydrogen (secondary N) is 2. The Morgan fingerprint density at radius 1 is 1.15 bits per heavy atom. The number of nitrogens with zero attached hydrogens (tertiary/aromatic N) is 2. The second kappa shape index (κ2) is 9.28. The second-order valence-corrected chi connectivity index (χ2v) is 8.40. The number of aliphatic hydroxyl groups is 1. The summed E-state index contributed by atoms with van der Waals surface area (Å²) >= 11 is 0. The van der Waals surface area contributed by atoms with Gasteiger partial charge in [-0.25, -0.2) is 4.39 Å². The predicted molar refractivity (Wildman–Crippen MR) is 121 cm³/mol. The number of amides is 2. The van der Waals surface area contributed by atoms with Crippen molar-refractivity contribution < 1.29 is 23.8 Å². The van der Waals surface area contributed by atoms with Crippen LogP contribution in [0.3, 0.4) is 0 Å². The minimum absolute atomic E-state index is 0.0636. The van der Waals surface area contributed by atoms with Crippen molar-refractivity contribution in [1.82, 2.24) is 20.4 Å². The van der Waals surface area contributed by atoms with Crippen LogP contribution in [0, 0.1) is 5.82 Å². The number of hydrogen-bond acceptors (Lipinski definition) is 6. The third-order valence-electron chi connectivity index (χ3n) is 6.17. The number of ether oxygens (including phenoxy) is 1. The van der Waals surface area contributed by atoms with Crippen molar-refractivity contribution in [3.63, 3.8) is 0 Å². The summed E-state index contributed by atoms with van der Waals surface area (Å²) in [5, 5.41) is 17.2. The number of carbonyl (C=O) groups excluding carboxylic acids is 2. The molecule has 2 saturated heterocycles. The first-order valence-corrected chi connectivity index (χ1v) is 11.2. The quantitative estimate of drug-likeness (QED) is 0.595. The SMILES string of the molecule is O=C(NCc1ccc(F)cc1)C1=CN2CC3NCCN3C(=O)C2=C(OCc2ccccc2)C1O. The van der Waals surface area contributed by atoms with Crippen LogP contribution in [0.5, 0.6) is 0 Å². The first-order valence-electron chi connectivity index (χ1n) is 11.2. The lowest BCUT2D eigenvalue weighted by Gasteiger charge is -2.41. The van der Waals surface area contributed by atoms with Crippen LogP contribution in [-0.4, -0.2) is 58.6 Å². The highest BCUT2D eigenvalue weighted by atomic mass is 19.1. The predicted octanol–water partition coefficient (Wildman–Crippen LogP) is 1.20. The molecule has 0 radical (unpaired) electrons. The average molecular weight is 464 g/mol. The monoisotopic (exact) mass is 464 g/mol. The smallest absolute Gasteiger partial charge is 0.275 e. The molecule has 2 atom stereocenters. The fraction of sp³-hybridized carbons (Fsp3) is 0.280.